The zero-order valence-electron chi connectivity index (χ0n) is 13.9. The van der Waals surface area contributed by atoms with E-state index in [0.717, 1.165) is 12.1 Å². The van der Waals surface area contributed by atoms with Crippen molar-refractivity contribution in [3.05, 3.63) is 39.8 Å². The number of halogens is 3. The standard InChI is InChI=1S/C15H20F3N5S/c1-9-5-10(15(16,17)18)7-11(6-9)21-13(24)22-12(8-20-23-19)14(2,3)4/h5-7,12H,8H2,1-4H3,(H2,21,22,24)/t12-/m1/s1. The van der Waals surface area contributed by atoms with Gasteiger partial charge in [0.1, 0.15) is 0 Å². The number of thiocarbonyl (C=S) groups is 1. The number of nitrogens with one attached hydrogen (secondary N) is 2. The van der Waals surface area contributed by atoms with E-state index in [1.54, 1.807) is 13.0 Å². The molecule has 0 aromatic heterocycles. The van der Waals surface area contributed by atoms with Crippen molar-refractivity contribution in [1.82, 2.24) is 5.32 Å². The highest BCUT2D eigenvalue weighted by atomic mass is 32.1. The van der Waals surface area contributed by atoms with E-state index in [4.69, 9.17) is 17.7 Å². The predicted molar refractivity (Wildman–Crippen MR) is 92.8 cm³/mol. The maximum atomic E-state index is 12.9. The van der Waals surface area contributed by atoms with Crippen molar-refractivity contribution >= 4 is 23.0 Å². The number of azide groups is 1. The summed E-state index contributed by atoms with van der Waals surface area (Å²) in [5.41, 5.74) is 8.18. The minimum atomic E-state index is -4.42. The van der Waals surface area contributed by atoms with Crippen LogP contribution < -0.4 is 10.6 Å². The van der Waals surface area contributed by atoms with Gasteiger partial charge in [-0.15, -0.1) is 0 Å². The average molecular weight is 359 g/mol. The first-order valence-electron chi connectivity index (χ1n) is 7.20. The second-order valence-electron chi connectivity index (χ2n) is 6.52. The molecule has 0 aliphatic rings. The Morgan fingerprint density at radius 2 is 1.92 bits per heavy atom. The fourth-order valence-corrected chi connectivity index (χ4v) is 2.26. The van der Waals surface area contributed by atoms with Gasteiger partial charge >= 0.3 is 6.18 Å². The summed E-state index contributed by atoms with van der Waals surface area (Å²) in [4.78, 5) is 2.73. The molecule has 0 unspecified atom stereocenters. The number of benzene rings is 1. The molecule has 1 rings (SSSR count). The van der Waals surface area contributed by atoms with Gasteiger partial charge < -0.3 is 10.6 Å². The molecule has 0 amide bonds. The molecule has 0 spiro atoms. The molecule has 0 fully saturated rings. The second kappa shape index (κ2) is 7.72. The highest BCUT2D eigenvalue weighted by molar-refractivity contribution is 7.80. The Balaban J connectivity index is 2.90. The Morgan fingerprint density at radius 1 is 1.29 bits per heavy atom. The number of rotatable bonds is 4. The molecular weight excluding hydrogens is 339 g/mol. The molecule has 132 valence electrons. The summed E-state index contributed by atoms with van der Waals surface area (Å²) in [6.07, 6.45) is -4.42. The van der Waals surface area contributed by atoms with Gasteiger partial charge in [0.15, 0.2) is 5.11 Å². The van der Waals surface area contributed by atoms with Gasteiger partial charge in [0.05, 0.1) is 5.56 Å². The van der Waals surface area contributed by atoms with E-state index in [2.05, 4.69) is 20.7 Å². The SMILES string of the molecule is Cc1cc(NC(=S)N[C@H](CN=[N+]=[N-])C(C)(C)C)cc(C(F)(F)F)c1. The lowest BCUT2D eigenvalue weighted by atomic mass is 9.87. The molecule has 9 heteroatoms. The van der Waals surface area contributed by atoms with Crippen LogP contribution in [-0.2, 0) is 6.18 Å². The van der Waals surface area contributed by atoms with Gasteiger partial charge in [-0.2, -0.15) is 13.2 Å². The van der Waals surface area contributed by atoms with E-state index in [9.17, 15) is 13.2 Å². The van der Waals surface area contributed by atoms with Crippen LogP contribution in [0.2, 0.25) is 0 Å². The van der Waals surface area contributed by atoms with E-state index in [-0.39, 0.29) is 28.8 Å². The third-order valence-electron chi connectivity index (χ3n) is 3.34. The van der Waals surface area contributed by atoms with E-state index >= 15 is 0 Å². The van der Waals surface area contributed by atoms with Crippen LogP contribution >= 0.6 is 12.2 Å². The summed E-state index contributed by atoms with van der Waals surface area (Å²) in [7, 11) is 0. The first-order valence-corrected chi connectivity index (χ1v) is 7.61. The molecule has 1 aromatic carbocycles. The normalized spacial score (nSPS) is 13.0. The molecule has 5 nitrogen and oxygen atoms in total. The first-order chi connectivity index (χ1) is 10.9. The number of anilines is 1. The predicted octanol–water partition coefficient (Wildman–Crippen LogP) is 5.03. The van der Waals surface area contributed by atoms with E-state index in [1.165, 1.54) is 0 Å². The summed E-state index contributed by atoms with van der Waals surface area (Å²) in [5, 5.41) is 9.46. The lowest BCUT2D eigenvalue weighted by molar-refractivity contribution is -0.137. The van der Waals surface area contributed by atoms with Crippen LogP contribution in [0.5, 0.6) is 0 Å². The summed E-state index contributed by atoms with van der Waals surface area (Å²) in [5.74, 6) is 0. The molecule has 1 aromatic rings. The van der Waals surface area contributed by atoms with Gasteiger partial charge in [0.25, 0.3) is 0 Å². The zero-order chi connectivity index (χ0) is 18.5. The fourth-order valence-electron chi connectivity index (χ4n) is 2.00. The number of aryl methyl sites for hydroxylation is 1. The van der Waals surface area contributed by atoms with Crippen molar-refractivity contribution < 1.29 is 13.2 Å². The molecule has 0 aliphatic heterocycles. The summed E-state index contributed by atoms with van der Waals surface area (Å²) >= 11 is 5.17. The fraction of sp³-hybridized carbons (Fsp3) is 0.533. The molecule has 1 atom stereocenters. The van der Waals surface area contributed by atoms with E-state index < -0.39 is 11.7 Å². The van der Waals surface area contributed by atoms with Gasteiger partial charge in [-0.1, -0.05) is 25.9 Å². The van der Waals surface area contributed by atoms with Crippen LogP contribution in [0.4, 0.5) is 18.9 Å². The Bertz CT molecular complexity index is 645. The number of hydrogen-bond donors (Lipinski definition) is 2. The molecular formula is C15H20F3N5S. The van der Waals surface area contributed by atoms with Crippen molar-refractivity contribution in [2.45, 2.75) is 39.9 Å². The summed E-state index contributed by atoms with van der Waals surface area (Å²) in [6.45, 7) is 7.57. The van der Waals surface area contributed by atoms with Crippen molar-refractivity contribution in [1.29, 1.82) is 0 Å². The number of alkyl halides is 3. The van der Waals surface area contributed by atoms with Crippen LogP contribution in [0, 0.1) is 12.3 Å². The largest absolute Gasteiger partial charge is 0.416 e. The van der Waals surface area contributed by atoms with Crippen molar-refractivity contribution in [3.63, 3.8) is 0 Å². The molecule has 0 aliphatic carbocycles. The quantitative estimate of drug-likeness (QED) is 0.343. The Labute approximate surface area is 144 Å². The lowest BCUT2D eigenvalue weighted by Gasteiger charge is -2.31. The summed E-state index contributed by atoms with van der Waals surface area (Å²) < 4.78 is 38.6. The van der Waals surface area contributed by atoms with Gasteiger partial charge in [0, 0.05) is 23.2 Å². The van der Waals surface area contributed by atoms with Crippen LogP contribution in [0.3, 0.4) is 0 Å². The average Bonchev–Trinajstić information content (AvgIpc) is 2.40. The first kappa shape index (κ1) is 20.1. The third-order valence-corrected chi connectivity index (χ3v) is 3.56. The molecule has 0 heterocycles. The number of hydrogen-bond acceptors (Lipinski definition) is 2. The smallest absolute Gasteiger partial charge is 0.359 e. The molecule has 0 radical (unpaired) electrons. The lowest BCUT2D eigenvalue weighted by Crippen LogP contribution is -2.47. The molecule has 0 saturated carbocycles. The minimum Gasteiger partial charge on any atom is -0.359 e. The highest BCUT2D eigenvalue weighted by Gasteiger charge is 2.31. The minimum absolute atomic E-state index is 0.168. The Hall–Kier alpha value is -1.99. The van der Waals surface area contributed by atoms with E-state index in [1.807, 2.05) is 20.8 Å². The number of nitrogens with zero attached hydrogens (tertiary/aromatic N) is 3. The molecule has 0 bridgehead atoms. The molecule has 2 N–H and O–H groups in total. The van der Waals surface area contributed by atoms with Crippen molar-refractivity contribution in [2.75, 3.05) is 11.9 Å². The van der Waals surface area contributed by atoms with Gasteiger partial charge in [-0.3, -0.25) is 0 Å². The topological polar surface area (TPSA) is 72.8 Å². The van der Waals surface area contributed by atoms with Crippen molar-refractivity contribution in [3.8, 4) is 0 Å². The Kier molecular flexibility index (Phi) is 6.45. The highest BCUT2D eigenvalue weighted by Crippen LogP contribution is 2.31. The van der Waals surface area contributed by atoms with Crippen LogP contribution in [0.1, 0.15) is 31.9 Å². The molecule has 0 saturated heterocycles. The zero-order valence-corrected chi connectivity index (χ0v) is 14.7. The van der Waals surface area contributed by atoms with Gasteiger partial charge in [0.2, 0.25) is 0 Å². The second-order valence-corrected chi connectivity index (χ2v) is 6.92. The maximum absolute atomic E-state index is 12.9. The maximum Gasteiger partial charge on any atom is 0.416 e. The van der Waals surface area contributed by atoms with Crippen LogP contribution in [0.25, 0.3) is 10.4 Å². The van der Waals surface area contributed by atoms with Crippen LogP contribution in [-0.4, -0.2) is 17.7 Å². The summed E-state index contributed by atoms with van der Waals surface area (Å²) in [6, 6.07) is 3.38. The van der Waals surface area contributed by atoms with Crippen molar-refractivity contribution in [2.24, 2.45) is 10.5 Å². The molecule has 24 heavy (non-hydrogen) atoms. The van der Waals surface area contributed by atoms with Gasteiger partial charge in [-0.25, -0.2) is 0 Å². The van der Waals surface area contributed by atoms with E-state index in [0.29, 0.717) is 5.56 Å². The van der Waals surface area contributed by atoms with Crippen LogP contribution in [0.15, 0.2) is 23.3 Å². The monoisotopic (exact) mass is 359 g/mol. The Morgan fingerprint density at radius 3 is 2.42 bits per heavy atom. The third kappa shape index (κ3) is 6.25. The van der Waals surface area contributed by atoms with Gasteiger partial charge in [-0.05, 0) is 53.9 Å².